The molecule has 3 rings (SSSR count). The molecular weight excluding hydrogens is 392 g/mol. The number of carbonyl (C=O) groups is 3. The van der Waals surface area contributed by atoms with Crippen molar-refractivity contribution in [1.82, 2.24) is 4.90 Å². The Bertz CT molecular complexity index is 1060. The third-order valence-electron chi connectivity index (χ3n) is 5.26. The van der Waals surface area contributed by atoms with E-state index in [1.165, 1.54) is 13.2 Å². The molecule has 1 aliphatic rings. The number of allylic oxidation sites excluding steroid dienone is 3. The van der Waals surface area contributed by atoms with Crippen molar-refractivity contribution in [3.8, 4) is 0 Å². The molecule has 0 fully saturated rings. The molecule has 1 aliphatic heterocycles. The first kappa shape index (κ1) is 22.0. The lowest BCUT2D eigenvalue weighted by Crippen LogP contribution is -2.44. The third kappa shape index (κ3) is 4.91. The molecule has 0 radical (unpaired) electrons. The van der Waals surface area contributed by atoms with Crippen LogP contribution in [0.15, 0.2) is 66.8 Å². The molecule has 6 heteroatoms. The number of amides is 2. The minimum Gasteiger partial charge on any atom is -0.465 e. The van der Waals surface area contributed by atoms with E-state index in [1.807, 2.05) is 37.3 Å². The van der Waals surface area contributed by atoms with E-state index < -0.39 is 12.0 Å². The Morgan fingerprint density at radius 3 is 2.61 bits per heavy atom. The van der Waals surface area contributed by atoms with Crippen LogP contribution in [0, 0.1) is 6.92 Å². The summed E-state index contributed by atoms with van der Waals surface area (Å²) in [5.74, 6) is -0.953. The maximum absolute atomic E-state index is 13.4. The minimum absolute atomic E-state index is 0.217. The predicted octanol–water partition coefficient (Wildman–Crippen LogP) is 3.98. The Morgan fingerprint density at radius 1 is 1.13 bits per heavy atom. The summed E-state index contributed by atoms with van der Waals surface area (Å²) in [6.45, 7) is 4.13. The van der Waals surface area contributed by atoms with Gasteiger partial charge >= 0.3 is 5.97 Å². The van der Waals surface area contributed by atoms with E-state index in [-0.39, 0.29) is 11.8 Å². The molecule has 0 spiro atoms. The zero-order valence-corrected chi connectivity index (χ0v) is 17.9. The van der Waals surface area contributed by atoms with E-state index in [9.17, 15) is 14.4 Å². The summed E-state index contributed by atoms with van der Waals surface area (Å²) >= 11 is 0. The van der Waals surface area contributed by atoms with Crippen molar-refractivity contribution in [2.45, 2.75) is 26.3 Å². The summed E-state index contributed by atoms with van der Waals surface area (Å²) in [6.07, 6.45) is 7.45. The number of fused-ring (bicyclic) bond motifs is 1. The number of hydrogen-bond donors (Lipinski definition) is 1. The summed E-state index contributed by atoms with van der Waals surface area (Å²) in [6, 6.07) is 11.9. The normalized spacial score (nSPS) is 15.7. The topological polar surface area (TPSA) is 75.7 Å². The second-order valence-electron chi connectivity index (χ2n) is 7.28. The van der Waals surface area contributed by atoms with E-state index in [4.69, 9.17) is 4.74 Å². The third-order valence-corrected chi connectivity index (χ3v) is 5.26. The fourth-order valence-electron chi connectivity index (χ4n) is 3.68. The summed E-state index contributed by atoms with van der Waals surface area (Å²) in [4.78, 5) is 39.5. The van der Waals surface area contributed by atoms with Gasteiger partial charge in [-0.1, -0.05) is 42.5 Å². The van der Waals surface area contributed by atoms with E-state index in [0.717, 1.165) is 16.7 Å². The average Bonchev–Trinajstić information content (AvgIpc) is 2.79. The Hall–Kier alpha value is -3.67. The number of methoxy groups -OCH3 is 1. The van der Waals surface area contributed by atoms with Gasteiger partial charge < -0.3 is 15.0 Å². The molecule has 1 atom stereocenters. The summed E-state index contributed by atoms with van der Waals surface area (Å²) in [7, 11) is 1.32. The second-order valence-corrected chi connectivity index (χ2v) is 7.28. The number of nitrogens with one attached hydrogen (secondary N) is 1. The molecule has 31 heavy (non-hydrogen) atoms. The van der Waals surface area contributed by atoms with Gasteiger partial charge in [0, 0.05) is 18.3 Å². The monoisotopic (exact) mass is 418 g/mol. The molecule has 1 heterocycles. The van der Waals surface area contributed by atoms with Gasteiger partial charge in [-0.25, -0.2) is 4.79 Å². The van der Waals surface area contributed by atoms with Crippen LogP contribution in [0.3, 0.4) is 0 Å². The number of ether oxygens (including phenoxy) is 1. The lowest BCUT2D eigenvalue weighted by atomic mass is 9.91. The first-order valence-electron chi connectivity index (χ1n) is 10.1. The number of esters is 1. The van der Waals surface area contributed by atoms with Crippen molar-refractivity contribution in [3.63, 3.8) is 0 Å². The van der Waals surface area contributed by atoms with Gasteiger partial charge in [0.1, 0.15) is 6.04 Å². The number of rotatable bonds is 5. The number of anilines is 1. The standard InChI is InChI=1S/C25H26N2O4/c1-4-5-6-11-22(28)27-15-14-18-9-7-8-10-20(18)23(27)24(29)26-21-13-12-19(16-17(21)2)25(30)31-3/h4-13,16,23H,14-15H2,1-3H3,(H,26,29)/b5-4+,11-6+. The second kappa shape index (κ2) is 9.89. The van der Waals surface area contributed by atoms with Crippen LogP contribution in [0.25, 0.3) is 0 Å². The van der Waals surface area contributed by atoms with Crippen LogP contribution in [-0.2, 0) is 20.7 Å². The van der Waals surface area contributed by atoms with Gasteiger partial charge in [-0.15, -0.1) is 0 Å². The first-order valence-corrected chi connectivity index (χ1v) is 10.1. The van der Waals surface area contributed by atoms with Crippen molar-refractivity contribution < 1.29 is 19.1 Å². The molecule has 0 aliphatic carbocycles. The summed E-state index contributed by atoms with van der Waals surface area (Å²) in [5, 5.41) is 2.93. The van der Waals surface area contributed by atoms with Crippen molar-refractivity contribution in [1.29, 1.82) is 0 Å². The van der Waals surface area contributed by atoms with E-state index in [2.05, 4.69) is 5.32 Å². The van der Waals surface area contributed by atoms with Gasteiger partial charge in [0.05, 0.1) is 12.7 Å². The van der Waals surface area contributed by atoms with Gasteiger partial charge in [0.25, 0.3) is 5.91 Å². The maximum atomic E-state index is 13.4. The Kier molecular flexibility index (Phi) is 7.03. The minimum atomic E-state index is -0.743. The first-order chi connectivity index (χ1) is 15.0. The van der Waals surface area contributed by atoms with Crippen molar-refractivity contribution in [2.75, 3.05) is 19.0 Å². The summed E-state index contributed by atoms with van der Waals surface area (Å²) in [5.41, 5.74) is 3.60. The molecule has 0 bridgehead atoms. The molecule has 1 N–H and O–H groups in total. The van der Waals surface area contributed by atoms with Crippen molar-refractivity contribution >= 4 is 23.5 Å². The van der Waals surface area contributed by atoms with Crippen LogP contribution in [0.5, 0.6) is 0 Å². The molecule has 2 aromatic carbocycles. The molecule has 1 unspecified atom stereocenters. The molecule has 2 amide bonds. The maximum Gasteiger partial charge on any atom is 0.337 e. The van der Waals surface area contributed by atoms with Crippen LogP contribution in [-0.4, -0.2) is 36.3 Å². The Balaban J connectivity index is 1.91. The van der Waals surface area contributed by atoms with Gasteiger partial charge in [0.15, 0.2) is 0 Å². The predicted molar refractivity (Wildman–Crippen MR) is 120 cm³/mol. The van der Waals surface area contributed by atoms with E-state index in [1.54, 1.807) is 42.2 Å². The highest BCUT2D eigenvalue weighted by molar-refractivity contribution is 6.01. The van der Waals surface area contributed by atoms with Crippen LogP contribution in [0.2, 0.25) is 0 Å². The summed E-state index contributed by atoms with van der Waals surface area (Å²) < 4.78 is 4.75. The SMILES string of the molecule is C/C=C/C=C/C(=O)N1CCc2ccccc2C1C(=O)Nc1ccc(C(=O)OC)cc1C. The molecule has 6 nitrogen and oxygen atoms in total. The fraction of sp³-hybridized carbons (Fsp3) is 0.240. The number of benzene rings is 2. The highest BCUT2D eigenvalue weighted by Gasteiger charge is 2.35. The lowest BCUT2D eigenvalue weighted by Gasteiger charge is -2.36. The Morgan fingerprint density at radius 2 is 1.90 bits per heavy atom. The zero-order chi connectivity index (χ0) is 22.4. The van der Waals surface area contributed by atoms with Gasteiger partial charge in [-0.2, -0.15) is 0 Å². The number of carbonyl (C=O) groups excluding carboxylic acids is 3. The average molecular weight is 418 g/mol. The van der Waals surface area contributed by atoms with Gasteiger partial charge in [-0.05, 0) is 55.2 Å². The molecular formula is C25H26N2O4. The largest absolute Gasteiger partial charge is 0.465 e. The highest BCUT2D eigenvalue weighted by Crippen LogP contribution is 2.31. The highest BCUT2D eigenvalue weighted by atomic mass is 16.5. The zero-order valence-electron chi connectivity index (χ0n) is 17.9. The molecule has 0 saturated carbocycles. The van der Waals surface area contributed by atoms with Crippen molar-refractivity contribution in [2.24, 2.45) is 0 Å². The number of hydrogen-bond acceptors (Lipinski definition) is 4. The van der Waals surface area contributed by atoms with Crippen LogP contribution < -0.4 is 5.32 Å². The number of aryl methyl sites for hydroxylation is 1. The molecule has 160 valence electrons. The van der Waals surface area contributed by atoms with Gasteiger partial charge in [0.2, 0.25) is 5.91 Å². The van der Waals surface area contributed by atoms with Crippen molar-refractivity contribution in [3.05, 3.63) is 89.0 Å². The van der Waals surface area contributed by atoms with Crippen LogP contribution in [0.4, 0.5) is 5.69 Å². The fourth-order valence-corrected chi connectivity index (χ4v) is 3.68. The lowest BCUT2D eigenvalue weighted by molar-refractivity contribution is -0.135. The number of nitrogens with zero attached hydrogens (tertiary/aromatic N) is 1. The van der Waals surface area contributed by atoms with Crippen LogP contribution in [0.1, 0.15) is 40.0 Å². The quantitative estimate of drug-likeness (QED) is 0.453. The Labute approximate surface area is 182 Å². The van der Waals surface area contributed by atoms with Gasteiger partial charge in [-0.3, -0.25) is 9.59 Å². The molecule has 2 aromatic rings. The molecule has 0 saturated heterocycles. The van der Waals surface area contributed by atoms with E-state index >= 15 is 0 Å². The van der Waals surface area contributed by atoms with E-state index in [0.29, 0.717) is 24.2 Å². The van der Waals surface area contributed by atoms with Crippen LogP contribution >= 0.6 is 0 Å². The molecule has 0 aromatic heterocycles. The smallest absolute Gasteiger partial charge is 0.337 e.